The Morgan fingerprint density at radius 2 is 2.05 bits per heavy atom. The van der Waals surface area contributed by atoms with E-state index in [-0.39, 0.29) is 6.54 Å². The lowest BCUT2D eigenvalue weighted by atomic mass is 10.1. The average Bonchev–Trinajstić information content (AvgIpc) is 2.99. The van der Waals surface area contributed by atoms with Crippen molar-refractivity contribution in [2.45, 2.75) is 6.54 Å². The molecule has 0 saturated carbocycles. The largest absolute Gasteiger partial charge is 0.346 e. The fourth-order valence-electron chi connectivity index (χ4n) is 2.07. The number of anilines is 1. The van der Waals surface area contributed by atoms with Crippen molar-refractivity contribution in [3.05, 3.63) is 30.2 Å². The Morgan fingerprint density at radius 3 is 2.71 bits per heavy atom. The number of nitrogens with zero attached hydrogens (tertiary/aromatic N) is 3. The van der Waals surface area contributed by atoms with Crippen LogP contribution in [0.5, 0.6) is 0 Å². The van der Waals surface area contributed by atoms with E-state index in [4.69, 9.17) is 10.3 Å². The number of hydrogen-bond donors (Lipinski definition) is 2. The number of nitrogens with one attached hydrogen (secondary N) is 1. The van der Waals surface area contributed by atoms with Crippen LogP contribution in [0.1, 0.15) is 5.89 Å². The second-order valence-electron chi connectivity index (χ2n) is 4.48. The van der Waals surface area contributed by atoms with E-state index in [2.05, 4.69) is 15.5 Å². The first-order valence-electron chi connectivity index (χ1n) is 6.42. The van der Waals surface area contributed by atoms with Crippen molar-refractivity contribution in [2.24, 2.45) is 5.73 Å². The minimum atomic E-state index is -0.587. The van der Waals surface area contributed by atoms with E-state index in [1.165, 1.54) is 4.90 Å². The molecule has 2 amide bonds. The van der Waals surface area contributed by atoms with Gasteiger partial charge in [0.05, 0.1) is 6.54 Å². The maximum Gasteiger partial charge on any atom is 0.316 e. The van der Waals surface area contributed by atoms with Gasteiger partial charge in [0.2, 0.25) is 11.7 Å². The Hall–Kier alpha value is -2.74. The third-order valence-electron chi connectivity index (χ3n) is 3.14. The van der Waals surface area contributed by atoms with Crippen LogP contribution in [-0.2, 0) is 16.1 Å². The first-order valence-corrected chi connectivity index (χ1v) is 6.42. The Balaban J connectivity index is 1.83. The van der Waals surface area contributed by atoms with Crippen molar-refractivity contribution in [2.75, 3.05) is 18.0 Å². The number of carbonyl (C=O) groups is 2. The van der Waals surface area contributed by atoms with Gasteiger partial charge in [-0.05, 0) is 24.3 Å². The number of nitrogens with two attached hydrogens (primary N) is 1. The smallest absolute Gasteiger partial charge is 0.316 e. The first-order chi connectivity index (χ1) is 10.2. The predicted octanol–water partition coefficient (Wildman–Crippen LogP) is -0.342. The average molecular weight is 287 g/mol. The summed E-state index contributed by atoms with van der Waals surface area (Å²) in [6.45, 7) is 1.07. The van der Waals surface area contributed by atoms with Crippen molar-refractivity contribution in [1.82, 2.24) is 15.5 Å². The Labute approximate surface area is 119 Å². The molecule has 2 aromatic rings. The maximum absolute atomic E-state index is 11.8. The number of aromatic nitrogens is 2. The molecule has 0 radical (unpaired) electrons. The van der Waals surface area contributed by atoms with Gasteiger partial charge < -0.3 is 20.5 Å². The Morgan fingerprint density at radius 1 is 1.29 bits per heavy atom. The summed E-state index contributed by atoms with van der Waals surface area (Å²) < 4.78 is 4.94. The lowest BCUT2D eigenvalue weighted by molar-refractivity contribution is -0.138. The topological polar surface area (TPSA) is 114 Å². The highest BCUT2D eigenvalue weighted by atomic mass is 16.5. The molecule has 1 aliphatic heterocycles. The maximum atomic E-state index is 11.8. The van der Waals surface area contributed by atoms with Gasteiger partial charge in [-0.15, -0.1) is 0 Å². The summed E-state index contributed by atoms with van der Waals surface area (Å²) in [4.78, 5) is 28.7. The van der Waals surface area contributed by atoms with Gasteiger partial charge in [-0.1, -0.05) is 5.16 Å². The van der Waals surface area contributed by atoms with E-state index in [9.17, 15) is 9.59 Å². The monoisotopic (exact) mass is 287 g/mol. The highest BCUT2D eigenvalue weighted by molar-refractivity contribution is 6.41. The summed E-state index contributed by atoms with van der Waals surface area (Å²) in [5.41, 5.74) is 6.81. The van der Waals surface area contributed by atoms with Crippen LogP contribution >= 0.6 is 0 Å². The van der Waals surface area contributed by atoms with E-state index in [1.54, 1.807) is 24.3 Å². The normalized spacial score (nSPS) is 15.2. The third-order valence-corrected chi connectivity index (χ3v) is 3.14. The fourth-order valence-corrected chi connectivity index (χ4v) is 2.07. The molecular weight excluding hydrogens is 274 g/mol. The van der Waals surface area contributed by atoms with Crippen molar-refractivity contribution in [1.29, 1.82) is 0 Å². The molecule has 1 aliphatic rings. The fraction of sp³-hybridized carbons (Fsp3) is 0.231. The van der Waals surface area contributed by atoms with E-state index >= 15 is 0 Å². The summed E-state index contributed by atoms with van der Waals surface area (Å²) >= 11 is 0. The summed E-state index contributed by atoms with van der Waals surface area (Å²) in [7, 11) is 0. The van der Waals surface area contributed by atoms with Crippen LogP contribution < -0.4 is 16.0 Å². The molecule has 0 unspecified atom stereocenters. The number of carbonyl (C=O) groups excluding carboxylic acids is 2. The molecule has 8 heteroatoms. The number of hydrogen-bond acceptors (Lipinski definition) is 6. The Kier molecular flexibility index (Phi) is 3.36. The van der Waals surface area contributed by atoms with Crippen LogP contribution in [0, 0.1) is 0 Å². The lowest BCUT2D eigenvalue weighted by Crippen LogP contribution is -2.52. The van der Waals surface area contributed by atoms with Gasteiger partial charge in [0.25, 0.3) is 0 Å². The molecule has 1 aromatic heterocycles. The van der Waals surface area contributed by atoms with E-state index < -0.39 is 11.8 Å². The van der Waals surface area contributed by atoms with Crippen LogP contribution in [-0.4, -0.2) is 35.0 Å². The van der Waals surface area contributed by atoms with Gasteiger partial charge in [-0.3, -0.25) is 9.59 Å². The van der Waals surface area contributed by atoms with Crippen LogP contribution in [0.25, 0.3) is 11.4 Å². The van der Waals surface area contributed by atoms with E-state index in [0.717, 1.165) is 5.56 Å². The molecule has 3 N–H and O–H groups in total. The summed E-state index contributed by atoms with van der Waals surface area (Å²) in [6.07, 6.45) is 0. The predicted molar refractivity (Wildman–Crippen MR) is 73.0 cm³/mol. The summed E-state index contributed by atoms with van der Waals surface area (Å²) in [6, 6.07) is 7.01. The highest BCUT2D eigenvalue weighted by Gasteiger charge is 2.27. The van der Waals surface area contributed by atoms with Crippen LogP contribution in [0.4, 0.5) is 5.69 Å². The highest BCUT2D eigenvalue weighted by Crippen LogP contribution is 2.21. The van der Waals surface area contributed by atoms with Crippen LogP contribution in [0.15, 0.2) is 28.8 Å². The van der Waals surface area contributed by atoms with Gasteiger partial charge in [0.15, 0.2) is 0 Å². The van der Waals surface area contributed by atoms with Gasteiger partial charge in [-0.2, -0.15) is 4.98 Å². The zero-order valence-electron chi connectivity index (χ0n) is 11.1. The SMILES string of the molecule is NCc1nc(-c2ccc(N3CCNC(=O)C3=O)cc2)no1. The molecule has 1 saturated heterocycles. The molecular formula is C13H13N5O3. The standard InChI is InChI=1S/C13H13N5O3/c14-7-10-16-11(17-21-10)8-1-3-9(4-2-8)18-6-5-15-12(19)13(18)20/h1-4H,5-7,14H2,(H,15,19). The second-order valence-corrected chi connectivity index (χ2v) is 4.48. The van der Waals surface area contributed by atoms with Crippen molar-refractivity contribution >= 4 is 17.5 Å². The van der Waals surface area contributed by atoms with Crippen molar-refractivity contribution < 1.29 is 14.1 Å². The number of rotatable bonds is 3. The first kappa shape index (κ1) is 13.3. The molecule has 0 atom stereocenters. The molecule has 21 heavy (non-hydrogen) atoms. The van der Waals surface area contributed by atoms with Gasteiger partial charge in [-0.25, -0.2) is 0 Å². The molecule has 2 heterocycles. The van der Waals surface area contributed by atoms with Crippen LogP contribution in [0.3, 0.4) is 0 Å². The lowest BCUT2D eigenvalue weighted by Gasteiger charge is -2.26. The zero-order valence-corrected chi connectivity index (χ0v) is 11.1. The molecule has 1 fully saturated rings. The van der Waals surface area contributed by atoms with E-state index in [0.29, 0.717) is 30.5 Å². The molecule has 8 nitrogen and oxygen atoms in total. The molecule has 3 rings (SSSR count). The van der Waals surface area contributed by atoms with Crippen LogP contribution in [0.2, 0.25) is 0 Å². The number of piperazine rings is 1. The number of benzene rings is 1. The quantitative estimate of drug-likeness (QED) is 0.746. The summed E-state index contributed by atoms with van der Waals surface area (Å²) in [5.74, 6) is -0.350. The second kappa shape index (κ2) is 5.33. The van der Waals surface area contributed by atoms with Gasteiger partial charge in [0, 0.05) is 24.3 Å². The Bertz CT molecular complexity index is 679. The van der Waals surface area contributed by atoms with Gasteiger partial charge >= 0.3 is 11.8 Å². The molecule has 0 bridgehead atoms. The minimum Gasteiger partial charge on any atom is -0.346 e. The van der Waals surface area contributed by atoms with Crippen molar-refractivity contribution in [3.8, 4) is 11.4 Å². The van der Waals surface area contributed by atoms with Crippen molar-refractivity contribution in [3.63, 3.8) is 0 Å². The minimum absolute atomic E-state index is 0.183. The molecule has 0 spiro atoms. The summed E-state index contributed by atoms with van der Waals surface area (Å²) in [5, 5.41) is 6.32. The molecule has 108 valence electrons. The molecule has 0 aliphatic carbocycles. The zero-order chi connectivity index (χ0) is 14.8. The van der Waals surface area contributed by atoms with E-state index in [1.807, 2.05) is 0 Å². The third kappa shape index (κ3) is 2.48. The molecule has 1 aromatic carbocycles. The van der Waals surface area contributed by atoms with Gasteiger partial charge in [0.1, 0.15) is 0 Å². The number of amides is 2.